The SMILES string of the molecule is COc1cccc(S(=O)(=O)N2CCN(C(=O)OC(C)(C)C)CC2c2cccc(Br)c2)c1. The van der Waals surface area contributed by atoms with E-state index in [1.54, 1.807) is 43.9 Å². The number of amides is 1. The zero-order valence-corrected chi connectivity index (χ0v) is 20.4. The monoisotopic (exact) mass is 510 g/mol. The van der Waals surface area contributed by atoms with Gasteiger partial charge in [-0.2, -0.15) is 4.31 Å². The molecule has 1 fully saturated rings. The lowest BCUT2D eigenvalue weighted by Crippen LogP contribution is -2.53. The number of benzene rings is 2. The molecule has 31 heavy (non-hydrogen) atoms. The van der Waals surface area contributed by atoms with E-state index in [4.69, 9.17) is 9.47 Å². The molecule has 2 aromatic carbocycles. The molecule has 0 aromatic heterocycles. The second-order valence-electron chi connectivity index (χ2n) is 8.29. The second kappa shape index (κ2) is 9.18. The van der Waals surface area contributed by atoms with Gasteiger partial charge in [0.15, 0.2) is 0 Å². The van der Waals surface area contributed by atoms with Crippen LogP contribution in [0.15, 0.2) is 57.9 Å². The van der Waals surface area contributed by atoms with Crippen LogP contribution < -0.4 is 4.74 Å². The lowest BCUT2D eigenvalue weighted by molar-refractivity contribution is 0.0131. The lowest BCUT2D eigenvalue weighted by atomic mass is 10.0. The minimum atomic E-state index is -3.83. The zero-order chi connectivity index (χ0) is 22.8. The van der Waals surface area contributed by atoms with E-state index >= 15 is 0 Å². The van der Waals surface area contributed by atoms with Crippen molar-refractivity contribution in [1.29, 1.82) is 0 Å². The van der Waals surface area contributed by atoms with Gasteiger partial charge in [0.2, 0.25) is 10.0 Å². The number of ether oxygens (including phenoxy) is 2. The van der Waals surface area contributed by atoms with Crippen LogP contribution in [0.4, 0.5) is 4.79 Å². The molecule has 1 aliphatic rings. The molecule has 1 atom stereocenters. The first-order valence-electron chi connectivity index (χ1n) is 9.90. The van der Waals surface area contributed by atoms with Gasteiger partial charge in [-0.1, -0.05) is 34.1 Å². The number of hydrogen-bond donors (Lipinski definition) is 0. The van der Waals surface area contributed by atoms with Crippen molar-refractivity contribution in [3.63, 3.8) is 0 Å². The molecule has 1 heterocycles. The summed E-state index contributed by atoms with van der Waals surface area (Å²) in [4.78, 5) is 14.4. The van der Waals surface area contributed by atoms with E-state index in [1.807, 2.05) is 24.3 Å². The predicted molar refractivity (Wildman–Crippen MR) is 122 cm³/mol. The highest BCUT2D eigenvalue weighted by Crippen LogP contribution is 2.33. The van der Waals surface area contributed by atoms with Crippen molar-refractivity contribution in [2.75, 3.05) is 26.7 Å². The number of carbonyl (C=O) groups is 1. The predicted octanol–water partition coefficient (Wildman–Crippen LogP) is 4.44. The van der Waals surface area contributed by atoms with Gasteiger partial charge in [-0.25, -0.2) is 13.2 Å². The number of hydrogen-bond acceptors (Lipinski definition) is 5. The molecule has 3 rings (SSSR count). The first-order valence-corrected chi connectivity index (χ1v) is 12.1. The zero-order valence-electron chi connectivity index (χ0n) is 18.0. The Balaban J connectivity index is 1.98. The van der Waals surface area contributed by atoms with Crippen LogP contribution in [0.2, 0.25) is 0 Å². The molecule has 0 aliphatic carbocycles. The standard InChI is InChI=1S/C22H27BrN2O5S/c1-22(2,3)30-21(26)24-11-12-25(20(15-24)16-7-5-8-17(23)13-16)31(27,28)19-10-6-9-18(14-19)29-4/h5-10,13-14,20H,11-12,15H2,1-4H3. The molecular weight excluding hydrogens is 484 g/mol. The van der Waals surface area contributed by atoms with Crippen LogP contribution in [-0.2, 0) is 14.8 Å². The third-order valence-electron chi connectivity index (χ3n) is 4.86. The van der Waals surface area contributed by atoms with E-state index in [-0.39, 0.29) is 24.5 Å². The molecule has 1 unspecified atom stereocenters. The summed E-state index contributed by atoms with van der Waals surface area (Å²) in [7, 11) is -2.33. The number of nitrogens with zero attached hydrogens (tertiary/aromatic N) is 2. The van der Waals surface area contributed by atoms with Gasteiger partial charge in [0.05, 0.1) is 18.0 Å². The van der Waals surface area contributed by atoms with Crippen LogP contribution in [0, 0.1) is 0 Å². The van der Waals surface area contributed by atoms with Crippen molar-refractivity contribution in [1.82, 2.24) is 9.21 Å². The Bertz CT molecular complexity index is 1050. The second-order valence-corrected chi connectivity index (χ2v) is 11.1. The Hall–Kier alpha value is -2.10. The van der Waals surface area contributed by atoms with Crippen molar-refractivity contribution in [3.8, 4) is 5.75 Å². The quantitative estimate of drug-likeness (QED) is 0.607. The van der Waals surface area contributed by atoms with Gasteiger partial charge >= 0.3 is 6.09 Å². The van der Waals surface area contributed by atoms with Crippen LogP contribution >= 0.6 is 15.9 Å². The summed E-state index contributed by atoms with van der Waals surface area (Å²) < 4.78 is 40.1. The summed E-state index contributed by atoms with van der Waals surface area (Å²) in [5.74, 6) is 0.465. The molecule has 0 saturated carbocycles. The van der Waals surface area contributed by atoms with Crippen molar-refractivity contribution in [2.45, 2.75) is 37.3 Å². The number of carbonyl (C=O) groups excluding carboxylic acids is 1. The minimum Gasteiger partial charge on any atom is -0.497 e. The molecule has 9 heteroatoms. The molecule has 0 N–H and O–H groups in total. The van der Waals surface area contributed by atoms with Crippen molar-refractivity contribution >= 4 is 32.0 Å². The molecule has 1 aliphatic heterocycles. The van der Waals surface area contributed by atoms with Gasteiger partial charge in [0.25, 0.3) is 0 Å². The number of piperazine rings is 1. The van der Waals surface area contributed by atoms with E-state index in [2.05, 4.69) is 15.9 Å². The summed E-state index contributed by atoms with van der Waals surface area (Å²) >= 11 is 3.46. The normalized spacial score (nSPS) is 18.0. The number of rotatable bonds is 4. The third kappa shape index (κ3) is 5.58. The smallest absolute Gasteiger partial charge is 0.410 e. The van der Waals surface area contributed by atoms with Crippen LogP contribution in [-0.4, -0.2) is 56.1 Å². The molecule has 1 amide bonds. The molecule has 0 radical (unpaired) electrons. The molecule has 0 spiro atoms. The van der Waals surface area contributed by atoms with Gasteiger partial charge in [-0.05, 0) is 50.6 Å². The van der Waals surface area contributed by atoms with Crippen LogP contribution in [0.25, 0.3) is 0 Å². The number of methoxy groups -OCH3 is 1. The molecule has 7 nitrogen and oxygen atoms in total. The highest BCUT2D eigenvalue weighted by molar-refractivity contribution is 9.10. The van der Waals surface area contributed by atoms with Crippen molar-refractivity contribution < 1.29 is 22.7 Å². The Morgan fingerprint density at radius 3 is 2.45 bits per heavy atom. The number of halogens is 1. The summed E-state index contributed by atoms with van der Waals surface area (Å²) in [5, 5.41) is 0. The van der Waals surface area contributed by atoms with Crippen LogP contribution in [0.3, 0.4) is 0 Å². The summed E-state index contributed by atoms with van der Waals surface area (Å²) in [6, 6.07) is 13.3. The fourth-order valence-electron chi connectivity index (χ4n) is 3.43. The topological polar surface area (TPSA) is 76.2 Å². The third-order valence-corrected chi connectivity index (χ3v) is 7.26. The van der Waals surface area contributed by atoms with E-state index in [0.717, 1.165) is 10.0 Å². The van der Waals surface area contributed by atoms with Gasteiger partial charge in [-0.3, -0.25) is 0 Å². The average molecular weight is 511 g/mol. The Morgan fingerprint density at radius 2 is 1.81 bits per heavy atom. The minimum absolute atomic E-state index is 0.149. The maximum Gasteiger partial charge on any atom is 0.410 e. The molecule has 1 saturated heterocycles. The molecular formula is C22H27BrN2O5S. The van der Waals surface area contributed by atoms with Gasteiger partial charge < -0.3 is 14.4 Å². The Morgan fingerprint density at radius 1 is 1.10 bits per heavy atom. The van der Waals surface area contributed by atoms with E-state index in [0.29, 0.717) is 5.75 Å². The van der Waals surface area contributed by atoms with Gasteiger partial charge in [-0.15, -0.1) is 0 Å². The Kier molecular flexibility index (Phi) is 6.98. The highest BCUT2D eigenvalue weighted by atomic mass is 79.9. The number of sulfonamides is 1. The maximum absolute atomic E-state index is 13.6. The maximum atomic E-state index is 13.6. The summed E-state index contributed by atoms with van der Waals surface area (Å²) in [6.07, 6.45) is -0.453. The molecule has 0 bridgehead atoms. The fourth-order valence-corrected chi connectivity index (χ4v) is 5.48. The summed E-state index contributed by atoms with van der Waals surface area (Å²) in [6.45, 7) is 5.99. The van der Waals surface area contributed by atoms with Crippen molar-refractivity contribution in [2.24, 2.45) is 0 Å². The lowest BCUT2D eigenvalue weighted by Gasteiger charge is -2.41. The first-order chi connectivity index (χ1) is 14.5. The van der Waals surface area contributed by atoms with E-state index in [9.17, 15) is 13.2 Å². The highest BCUT2D eigenvalue weighted by Gasteiger charge is 2.39. The van der Waals surface area contributed by atoms with Gasteiger partial charge in [0.1, 0.15) is 11.4 Å². The summed E-state index contributed by atoms with van der Waals surface area (Å²) in [5.41, 5.74) is 0.153. The van der Waals surface area contributed by atoms with Crippen molar-refractivity contribution in [3.05, 3.63) is 58.6 Å². The largest absolute Gasteiger partial charge is 0.497 e. The first kappa shape index (κ1) is 23.6. The molecule has 2 aromatic rings. The van der Waals surface area contributed by atoms with Crippen LogP contribution in [0.1, 0.15) is 32.4 Å². The average Bonchev–Trinajstić information content (AvgIpc) is 2.72. The van der Waals surface area contributed by atoms with Crippen LogP contribution in [0.5, 0.6) is 5.75 Å². The van der Waals surface area contributed by atoms with E-state index in [1.165, 1.54) is 17.5 Å². The molecule has 168 valence electrons. The van der Waals surface area contributed by atoms with E-state index < -0.39 is 27.8 Å². The fraction of sp³-hybridized carbons (Fsp3) is 0.409. The van der Waals surface area contributed by atoms with Gasteiger partial charge in [0, 0.05) is 30.2 Å². The Labute approximate surface area is 192 Å².